The number of rotatable bonds is 3. The molecular weight excluding hydrogens is 280 g/mol. The molecule has 1 fully saturated rings. The molecule has 3 rings (SSSR count). The predicted molar refractivity (Wildman–Crippen MR) is 81.4 cm³/mol. The maximum Gasteiger partial charge on any atom is 0.257 e. The fourth-order valence-corrected chi connectivity index (χ4v) is 2.70. The number of para-hydroxylation sites is 1. The topological polar surface area (TPSA) is 81.2 Å². The molecule has 0 radical (unpaired) electrons. The largest absolute Gasteiger partial charge is 0.369 e. The maximum atomic E-state index is 12.5. The van der Waals surface area contributed by atoms with E-state index in [1.54, 1.807) is 22.0 Å². The Morgan fingerprint density at radius 3 is 2.45 bits per heavy atom. The quantitative estimate of drug-likeness (QED) is 0.924. The normalized spacial score (nSPS) is 15.7. The van der Waals surface area contributed by atoms with E-state index in [0.717, 1.165) is 5.69 Å². The Balaban J connectivity index is 1.69. The van der Waals surface area contributed by atoms with Gasteiger partial charge in [0.2, 0.25) is 5.91 Å². The fraction of sp³-hybridized carbons (Fsp3) is 0.312. The van der Waals surface area contributed by atoms with Crippen molar-refractivity contribution in [3.63, 3.8) is 0 Å². The summed E-state index contributed by atoms with van der Waals surface area (Å²) in [5, 5.41) is 4.24. The standard InChI is InChI=1S/C16H18N4O2/c17-15(21)12-6-8-19(9-7-12)16(22)13-10-18-20(11-13)14-4-2-1-3-5-14/h1-5,10-12H,6-9H2,(H2,17,21). The highest BCUT2D eigenvalue weighted by Crippen LogP contribution is 2.19. The molecule has 0 atom stereocenters. The van der Waals surface area contributed by atoms with Gasteiger partial charge >= 0.3 is 0 Å². The molecule has 2 amide bonds. The van der Waals surface area contributed by atoms with Crippen molar-refractivity contribution >= 4 is 11.8 Å². The minimum Gasteiger partial charge on any atom is -0.369 e. The van der Waals surface area contributed by atoms with E-state index in [0.29, 0.717) is 31.5 Å². The Labute approximate surface area is 128 Å². The van der Waals surface area contributed by atoms with Gasteiger partial charge in [-0.05, 0) is 25.0 Å². The lowest BCUT2D eigenvalue weighted by atomic mass is 9.96. The van der Waals surface area contributed by atoms with Crippen molar-refractivity contribution in [3.8, 4) is 5.69 Å². The molecule has 2 heterocycles. The number of hydrogen-bond acceptors (Lipinski definition) is 3. The van der Waals surface area contributed by atoms with Gasteiger partial charge < -0.3 is 10.6 Å². The molecule has 1 aliphatic rings. The molecule has 0 aliphatic carbocycles. The van der Waals surface area contributed by atoms with Gasteiger partial charge in [0, 0.05) is 25.2 Å². The Kier molecular flexibility index (Phi) is 3.91. The average molecular weight is 298 g/mol. The van der Waals surface area contributed by atoms with Gasteiger partial charge in [-0.3, -0.25) is 9.59 Å². The molecule has 1 aromatic carbocycles. The molecule has 0 bridgehead atoms. The zero-order valence-corrected chi connectivity index (χ0v) is 12.2. The third-order valence-electron chi connectivity index (χ3n) is 4.03. The molecule has 1 saturated heterocycles. The monoisotopic (exact) mass is 298 g/mol. The first-order valence-corrected chi connectivity index (χ1v) is 7.34. The van der Waals surface area contributed by atoms with Crippen LogP contribution in [0.5, 0.6) is 0 Å². The highest BCUT2D eigenvalue weighted by atomic mass is 16.2. The van der Waals surface area contributed by atoms with Crippen molar-refractivity contribution in [1.82, 2.24) is 14.7 Å². The SMILES string of the molecule is NC(=O)C1CCN(C(=O)c2cnn(-c3ccccc3)c2)CC1. The summed E-state index contributed by atoms with van der Waals surface area (Å²) in [6, 6.07) is 9.64. The molecular formula is C16H18N4O2. The number of carbonyl (C=O) groups is 2. The van der Waals surface area contributed by atoms with Gasteiger partial charge in [-0.1, -0.05) is 18.2 Å². The van der Waals surface area contributed by atoms with Crippen molar-refractivity contribution < 1.29 is 9.59 Å². The third-order valence-corrected chi connectivity index (χ3v) is 4.03. The lowest BCUT2D eigenvalue weighted by Crippen LogP contribution is -2.41. The minimum atomic E-state index is -0.274. The van der Waals surface area contributed by atoms with Crippen LogP contribution in [-0.4, -0.2) is 39.6 Å². The van der Waals surface area contributed by atoms with Crippen LogP contribution in [0, 0.1) is 5.92 Å². The van der Waals surface area contributed by atoms with Gasteiger partial charge in [0.25, 0.3) is 5.91 Å². The summed E-state index contributed by atoms with van der Waals surface area (Å²) in [6.45, 7) is 1.12. The number of carbonyl (C=O) groups excluding carboxylic acids is 2. The van der Waals surface area contributed by atoms with E-state index >= 15 is 0 Å². The van der Waals surface area contributed by atoms with Crippen LogP contribution in [0.4, 0.5) is 0 Å². The van der Waals surface area contributed by atoms with Crippen LogP contribution in [0.3, 0.4) is 0 Å². The maximum absolute atomic E-state index is 12.5. The highest BCUT2D eigenvalue weighted by molar-refractivity contribution is 5.94. The summed E-state index contributed by atoms with van der Waals surface area (Å²) in [7, 11) is 0. The second-order valence-electron chi connectivity index (χ2n) is 5.48. The first-order valence-electron chi connectivity index (χ1n) is 7.34. The minimum absolute atomic E-state index is 0.0508. The molecule has 22 heavy (non-hydrogen) atoms. The van der Waals surface area contributed by atoms with Crippen molar-refractivity contribution in [2.45, 2.75) is 12.8 Å². The van der Waals surface area contributed by atoms with Gasteiger partial charge in [0.15, 0.2) is 0 Å². The van der Waals surface area contributed by atoms with Crippen molar-refractivity contribution in [2.24, 2.45) is 11.7 Å². The van der Waals surface area contributed by atoms with Crippen LogP contribution in [0.15, 0.2) is 42.7 Å². The Hall–Kier alpha value is -2.63. The third kappa shape index (κ3) is 2.86. The lowest BCUT2D eigenvalue weighted by Gasteiger charge is -2.30. The molecule has 114 valence electrons. The summed E-state index contributed by atoms with van der Waals surface area (Å²) in [5.41, 5.74) is 6.78. The van der Waals surface area contributed by atoms with Crippen molar-refractivity contribution in [2.75, 3.05) is 13.1 Å². The lowest BCUT2D eigenvalue weighted by molar-refractivity contribution is -0.123. The number of piperidine rings is 1. The first kappa shape index (κ1) is 14.3. The smallest absolute Gasteiger partial charge is 0.257 e. The van der Waals surface area contributed by atoms with Gasteiger partial charge in [0.1, 0.15) is 0 Å². The summed E-state index contributed by atoms with van der Waals surface area (Å²) in [5.74, 6) is -0.440. The molecule has 0 saturated carbocycles. The number of primary amides is 1. The van der Waals surface area contributed by atoms with Gasteiger partial charge in [0.05, 0.1) is 17.4 Å². The second-order valence-corrected chi connectivity index (χ2v) is 5.48. The van der Waals surface area contributed by atoms with Crippen molar-refractivity contribution in [1.29, 1.82) is 0 Å². The molecule has 0 spiro atoms. The Morgan fingerprint density at radius 2 is 1.82 bits per heavy atom. The van der Waals surface area contributed by atoms with E-state index in [9.17, 15) is 9.59 Å². The van der Waals surface area contributed by atoms with Crippen LogP contribution in [0.1, 0.15) is 23.2 Å². The van der Waals surface area contributed by atoms with Crippen LogP contribution in [0.25, 0.3) is 5.69 Å². The number of nitrogens with zero attached hydrogens (tertiary/aromatic N) is 3. The second kappa shape index (κ2) is 6.01. The predicted octanol–water partition coefficient (Wildman–Crippen LogP) is 1.21. The number of likely N-dealkylation sites (tertiary alicyclic amines) is 1. The highest BCUT2D eigenvalue weighted by Gasteiger charge is 2.27. The van der Waals surface area contributed by atoms with Gasteiger partial charge in [-0.2, -0.15) is 5.10 Å². The number of benzene rings is 1. The Morgan fingerprint density at radius 1 is 1.14 bits per heavy atom. The molecule has 0 unspecified atom stereocenters. The molecule has 1 aliphatic heterocycles. The zero-order valence-electron chi connectivity index (χ0n) is 12.2. The van der Waals surface area contributed by atoms with Crippen LogP contribution in [0.2, 0.25) is 0 Å². The van der Waals surface area contributed by atoms with Crippen LogP contribution >= 0.6 is 0 Å². The zero-order chi connectivity index (χ0) is 15.5. The number of amides is 2. The molecule has 6 heteroatoms. The van der Waals surface area contributed by atoms with Gasteiger partial charge in [-0.15, -0.1) is 0 Å². The van der Waals surface area contributed by atoms with E-state index in [1.165, 1.54) is 0 Å². The Bertz CT molecular complexity index is 672. The van der Waals surface area contributed by atoms with E-state index in [4.69, 9.17) is 5.73 Å². The first-order chi connectivity index (χ1) is 10.6. The summed E-state index contributed by atoms with van der Waals surface area (Å²) < 4.78 is 1.68. The summed E-state index contributed by atoms with van der Waals surface area (Å²) in [6.07, 6.45) is 4.58. The van der Waals surface area contributed by atoms with E-state index in [-0.39, 0.29) is 17.7 Å². The molecule has 6 nitrogen and oxygen atoms in total. The molecule has 2 N–H and O–H groups in total. The molecule has 1 aromatic heterocycles. The van der Waals surface area contributed by atoms with Crippen LogP contribution < -0.4 is 5.73 Å². The summed E-state index contributed by atoms with van der Waals surface area (Å²) >= 11 is 0. The average Bonchev–Trinajstić information content (AvgIpc) is 3.05. The fourth-order valence-electron chi connectivity index (χ4n) is 2.70. The summed E-state index contributed by atoms with van der Waals surface area (Å²) in [4.78, 5) is 25.4. The van der Waals surface area contributed by atoms with Crippen molar-refractivity contribution in [3.05, 3.63) is 48.3 Å². The number of hydrogen-bond donors (Lipinski definition) is 1. The van der Waals surface area contributed by atoms with E-state index < -0.39 is 0 Å². The van der Waals surface area contributed by atoms with Gasteiger partial charge in [-0.25, -0.2) is 4.68 Å². The number of aromatic nitrogens is 2. The molecule has 2 aromatic rings. The van der Waals surface area contributed by atoms with Crippen LogP contribution in [-0.2, 0) is 4.79 Å². The number of nitrogens with two attached hydrogens (primary N) is 1. The van der Waals surface area contributed by atoms with E-state index in [1.807, 2.05) is 30.3 Å². The van der Waals surface area contributed by atoms with E-state index in [2.05, 4.69) is 5.10 Å².